The zero-order chi connectivity index (χ0) is 25.5. The minimum atomic E-state index is -1.09. The molecule has 3 atom stereocenters. The van der Waals surface area contributed by atoms with E-state index in [0.717, 1.165) is 49.1 Å². The molecular weight excluding hydrogens is 495 g/mol. The number of aromatic nitrogens is 1. The van der Waals surface area contributed by atoms with E-state index in [1.807, 2.05) is 30.0 Å². The minimum absolute atomic E-state index is 0.173. The first-order valence-electron chi connectivity index (χ1n) is 12.6. The number of benzene rings is 1. The van der Waals surface area contributed by atoms with Crippen molar-refractivity contribution in [2.45, 2.75) is 49.4 Å². The molecule has 0 aliphatic carbocycles. The van der Waals surface area contributed by atoms with Gasteiger partial charge in [0.05, 0.1) is 16.8 Å². The molecule has 8 heteroatoms. The number of thiophene rings is 1. The zero-order valence-corrected chi connectivity index (χ0v) is 22.6. The highest BCUT2D eigenvalue weighted by Crippen LogP contribution is 2.37. The molecule has 36 heavy (non-hydrogen) atoms. The molecule has 4 rings (SSSR count). The average Bonchev–Trinajstić information content (AvgIpc) is 3.30. The Morgan fingerprint density at radius 3 is 2.92 bits per heavy atom. The van der Waals surface area contributed by atoms with Crippen LogP contribution in [0.4, 0.5) is 4.39 Å². The first-order valence-corrected chi connectivity index (χ1v) is 14.5. The highest BCUT2D eigenvalue weighted by atomic mass is 32.2. The largest absolute Gasteiger partial charge is 0.497 e. The molecule has 0 radical (unpaired) electrons. The number of alkyl halides is 1. The van der Waals surface area contributed by atoms with Crippen LogP contribution >= 0.6 is 23.1 Å². The van der Waals surface area contributed by atoms with E-state index in [1.165, 1.54) is 9.77 Å². The van der Waals surface area contributed by atoms with E-state index in [2.05, 4.69) is 28.3 Å². The van der Waals surface area contributed by atoms with Gasteiger partial charge in [-0.15, -0.1) is 23.1 Å². The predicted octanol–water partition coefficient (Wildman–Crippen LogP) is 7.00. The fourth-order valence-corrected chi connectivity index (χ4v) is 7.38. The number of fused-ring (bicyclic) bond motifs is 1. The van der Waals surface area contributed by atoms with Gasteiger partial charge in [-0.3, -0.25) is 9.78 Å². The van der Waals surface area contributed by atoms with E-state index in [1.54, 1.807) is 30.7 Å². The van der Waals surface area contributed by atoms with Crippen LogP contribution in [0.15, 0.2) is 46.1 Å². The van der Waals surface area contributed by atoms with Crippen LogP contribution in [0.2, 0.25) is 0 Å². The number of carbonyl (C=O) groups is 1. The fourth-order valence-electron chi connectivity index (χ4n) is 5.21. The highest BCUT2D eigenvalue weighted by molar-refractivity contribution is 8.01. The molecule has 1 aliphatic rings. The number of nitrogens with zero attached hydrogens (tertiary/aromatic N) is 2. The number of pyridine rings is 1. The number of carboxylic acid groups (broad SMARTS) is 1. The number of aryl methyl sites for hydroxylation is 1. The van der Waals surface area contributed by atoms with Crippen molar-refractivity contribution in [1.29, 1.82) is 0 Å². The molecule has 3 heterocycles. The number of ether oxygens (including phenoxy) is 1. The number of aliphatic carboxylic acids is 1. The third-order valence-electron chi connectivity index (χ3n) is 7.27. The van der Waals surface area contributed by atoms with Crippen LogP contribution < -0.4 is 4.74 Å². The lowest BCUT2D eigenvalue weighted by Crippen LogP contribution is -2.41. The maximum absolute atomic E-state index is 15.5. The molecule has 1 aromatic carbocycles. The van der Waals surface area contributed by atoms with Gasteiger partial charge in [-0.25, -0.2) is 4.39 Å². The summed E-state index contributed by atoms with van der Waals surface area (Å²) in [5, 5.41) is 12.2. The van der Waals surface area contributed by atoms with Crippen molar-refractivity contribution in [2.24, 2.45) is 11.8 Å². The fraction of sp³-hybridized carbons (Fsp3) is 0.500. The van der Waals surface area contributed by atoms with Crippen molar-refractivity contribution >= 4 is 40.0 Å². The molecule has 1 N–H and O–H groups in total. The number of hydrogen-bond acceptors (Lipinski definition) is 6. The number of hydrogen-bond donors (Lipinski definition) is 1. The van der Waals surface area contributed by atoms with E-state index in [4.69, 9.17) is 4.74 Å². The number of rotatable bonds is 12. The molecule has 3 aromatic rings. The van der Waals surface area contributed by atoms with E-state index in [0.29, 0.717) is 30.1 Å². The number of halogens is 1. The molecule has 0 amide bonds. The van der Waals surface area contributed by atoms with Gasteiger partial charge in [0.1, 0.15) is 11.9 Å². The van der Waals surface area contributed by atoms with Crippen LogP contribution in [0.1, 0.15) is 49.4 Å². The predicted molar refractivity (Wildman–Crippen MR) is 146 cm³/mol. The van der Waals surface area contributed by atoms with Gasteiger partial charge in [0.25, 0.3) is 0 Å². The summed E-state index contributed by atoms with van der Waals surface area (Å²) in [5.74, 6) is 1.59. The summed E-state index contributed by atoms with van der Waals surface area (Å²) >= 11 is 3.69. The molecular formula is C28H35FN2O3S2. The summed E-state index contributed by atoms with van der Waals surface area (Å²) in [5.41, 5.74) is 2.75. The second-order valence-corrected chi connectivity index (χ2v) is 11.9. The highest BCUT2D eigenvalue weighted by Gasteiger charge is 2.30. The van der Waals surface area contributed by atoms with E-state index in [-0.39, 0.29) is 12.3 Å². The van der Waals surface area contributed by atoms with Crippen LogP contribution in [-0.2, 0) is 4.79 Å². The number of methoxy groups -OCH3 is 1. The lowest BCUT2D eigenvalue weighted by molar-refractivity contribution is -0.137. The monoisotopic (exact) mass is 530 g/mol. The van der Waals surface area contributed by atoms with Crippen LogP contribution in [-0.4, -0.2) is 53.5 Å². The van der Waals surface area contributed by atoms with Crippen molar-refractivity contribution in [2.75, 3.05) is 32.5 Å². The minimum Gasteiger partial charge on any atom is -0.497 e. The normalized spacial score (nSPS) is 19.4. The lowest BCUT2D eigenvalue weighted by Gasteiger charge is -2.39. The smallest absolute Gasteiger partial charge is 0.303 e. The summed E-state index contributed by atoms with van der Waals surface area (Å²) in [6, 6.07) is 9.48. The second kappa shape index (κ2) is 12.9. The Hall–Kier alpha value is -2.16. The second-order valence-electron chi connectivity index (χ2n) is 9.61. The summed E-state index contributed by atoms with van der Waals surface area (Å²) in [6.45, 7) is 5.03. The van der Waals surface area contributed by atoms with Crippen LogP contribution in [0.25, 0.3) is 10.9 Å². The Kier molecular flexibility index (Phi) is 9.62. The molecule has 0 saturated carbocycles. The van der Waals surface area contributed by atoms with Gasteiger partial charge < -0.3 is 14.7 Å². The first kappa shape index (κ1) is 26.9. The summed E-state index contributed by atoms with van der Waals surface area (Å²) in [7, 11) is 1.61. The van der Waals surface area contributed by atoms with Crippen molar-refractivity contribution in [3.05, 3.63) is 53.0 Å². The average molecular weight is 531 g/mol. The standard InChI is InChI=1S/C28H35FN2O3S2/c1-19-11-15-35-28(19)36-16-14-31-13-10-20(21(18-31)4-8-27(32)33)3-6-25(29)23-9-12-30-26-7-5-22(34-2)17-24(23)26/h5,7,9,11-12,15,17,20-21,25H,3-4,6,8,10,13-14,16,18H2,1-2H3,(H,32,33)/t20?,21?,25-/m0/s1. The number of carboxylic acids is 1. The number of piperidine rings is 1. The Labute approximate surface area is 221 Å². The van der Waals surface area contributed by atoms with Crippen molar-refractivity contribution in [1.82, 2.24) is 9.88 Å². The molecule has 1 fully saturated rings. The SMILES string of the molecule is COc1ccc2nccc([C@@H](F)CCC3CCN(CCSc4sccc4C)CC3CCC(=O)O)c2c1. The van der Waals surface area contributed by atoms with Crippen LogP contribution in [0.3, 0.4) is 0 Å². The maximum atomic E-state index is 15.5. The Morgan fingerprint density at radius 1 is 1.31 bits per heavy atom. The molecule has 5 nitrogen and oxygen atoms in total. The zero-order valence-electron chi connectivity index (χ0n) is 21.0. The quantitative estimate of drug-likeness (QED) is 0.254. The number of likely N-dealkylation sites (tertiary alicyclic amines) is 1. The van der Waals surface area contributed by atoms with Crippen LogP contribution in [0, 0.1) is 18.8 Å². The molecule has 194 valence electrons. The number of thioether (sulfide) groups is 1. The van der Waals surface area contributed by atoms with E-state index in [9.17, 15) is 9.90 Å². The summed E-state index contributed by atoms with van der Waals surface area (Å²) in [6.07, 6.45) is 3.58. The third kappa shape index (κ3) is 6.99. The molecule has 1 aliphatic heterocycles. The van der Waals surface area contributed by atoms with Crippen LogP contribution in [0.5, 0.6) is 5.75 Å². The van der Waals surface area contributed by atoms with Gasteiger partial charge >= 0.3 is 5.97 Å². The van der Waals surface area contributed by atoms with Crippen molar-refractivity contribution in [3.8, 4) is 5.75 Å². The van der Waals surface area contributed by atoms with E-state index < -0.39 is 12.1 Å². The van der Waals surface area contributed by atoms with Gasteiger partial charge in [-0.2, -0.15) is 0 Å². The topological polar surface area (TPSA) is 62.7 Å². The molecule has 1 saturated heterocycles. The molecule has 2 aromatic heterocycles. The summed E-state index contributed by atoms with van der Waals surface area (Å²) in [4.78, 5) is 18.1. The van der Waals surface area contributed by atoms with Gasteiger partial charge in [0.15, 0.2) is 0 Å². The molecule has 0 bridgehead atoms. The Bertz CT molecular complexity index is 1150. The van der Waals surface area contributed by atoms with Gasteiger partial charge in [-0.1, -0.05) is 0 Å². The van der Waals surface area contributed by atoms with Crippen molar-refractivity contribution < 1.29 is 19.0 Å². The third-order valence-corrected chi connectivity index (χ3v) is 9.69. The van der Waals surface area contributed by atoms with Gasteiger partial charge in [0.2, 0.25) is 0 Å². The Balaban J connectivity index is 1.36. The maximum Gasteiger partial charge on any atom is 0.303 e. The summed E-state index contributed by atoms with van der Waals surface area (Å²) < 4.78 is 22.2. The molecule has 0 spiro atoms. The molecule has 2 unspecified atom stereocenters. The Morgan fingerprint density at radius 2 is 2.17 bits per heavy atom. The lowest BCUT2D eigenvalue weighted by atomic mass is 9.79. The van der Waals surface area contributed by atoms with Gasteiger partial charge in [-0.05, 0) is 97.8 Å². The van der Waals surface area contributed by atoms with Crippen molar-refractivity contribution in [3.63, 3.8) is 0 Å². The van der Waals surface area contributed by atoms with Gasteiger partial charge in [0, 0.05) is 36.8 Å². The van der Waals surface area contributed by atoms with E-state index >= 15 is 4.39 Å². The first-order chi connectivity index (χ1) is 17.4.